The van der Waals surface area contributed by atoms with E-state index in [9.17, 15) is 9.59 Å². The van der Waals surface area contributed by atoms with Crippen molar-refractivity contribution >= 4 is 17.6 Å². The molecule has 0 saturated carbocycles. The van der Waals surface area contributed by atoms with E-state index in [2.05, 4.69) is 15.6 Å². The number of carbonyl (C=O) groups is 2. The van der Waals surface area contributed by atoms with Crippen molar-refractivity contribution in [2.45, 2.75) is 26.4 Å². The van der Waals surface area contributed by atoms with Gasteiger partial charge in [-0.25, -0.2) is 4.98 Å². The van der Waals surface area contributed by atoms with Gasteiger partial charge in [-0.2, -0.15) is 0 Å². The minimum absolute atomic E-state index is 0.0684. The topological polar surface area (TPSA) is 87.5 Å². The third-order valence-electron chi connectivity index (χ3n) is 3.72. The Labute approximate surface area is 147 Å². The molecule has 134 valence electrons. The summed E-state index contributed by atoms with van der Waals surface area (Å²) in [6.45, 7) is 4.09. The first kappa shape index (κ1) is 18.5. The van der Waals surface area contributed by atoms with Crippen LogP contribution in [0.3, 0.4) is 0 Å². The second kappa shape index (κ2) is 8.32. The van der Waals surface area contributed by atoms with Gasteiger partial charge in [0.1, 0.15) is 11.9 Å². The molecule has 0 aromatic carbocycles. The molecule has 0 spiro atoms. The van der Waals surface area contributed by atoms with Crippen molar-refractivity contribution in [3.8, 4) is 0 Å². The Morgan fingerprint density at radius 3 is 2.60 bits per heavy atom. The molecule has 2 N–H and O–H groups in total. The summed E-state index contributed by atoms with van der Waals surface area (Å²) in [7, 11) is 3.79. The fourth-order valence-corrected chi connectivity index (χ4v) is 2.42. The van der Waals surface area contributed by atoms with Gasteiger partial charge in [-0.05, 0) is 24.1 Å². The first-order valence-electron chi connectivity index (χ1n) is 8.13. The summed E-state index contributed by atoms with van der Waals surface area (Å²) in [5.41, 5.74) is 0.903. The largest absolute Gasteiger partial charge is 0.459 e. The second-order valence-electron chi connectivity index (χ2n) is 6.27. The molecule has 0 bridgehead atoms. The molecule has 0 radical (unpaired) electrons. The van der Waals surface area contributed by atoms with E-state index in [0.717, 1.165) is 11.4 Å². The number of hydrogen-bond donors (Lipinski definition) is 2. The lowest BCUT2D eigenvalue weighted by atomic mass is 10.0. The Kier molecular flexibility index (Phi) is 6.16. The Morgan fingerprint density at radius 1 is 1.24 bits per heavy atom. The Balaban J connectivity index is 2.02. The second-order valence-corrected chi connectivity index (χ2v) is 6.27. The van der Waals surface area contributed by atoms with Gasteiger partial charge in [0.25, 0.3) is 5.91 Å². The molecule has 0 aliphatic rings. The predicted molar refractivity (Wildman–Crippen MR) is 95.2 cm³/mol. The van der Waals surface area contributed by atoms with Crippen LogP contribution in [0.5, 0.6) is 0 Å². The zero-order chi connectivity index (χ0) is 18.4. The summed E-state index contributed by atoms with van der Waals surface area (Å²) >= 11 is 0. The zero-order valence-corrected chi connectivity index (χ0v) is 14.9. The van der Waals surface area contributed by atoms with E-state index < -0.39 is 11.9 Å². The van der Waals surface area contributed by atoms with Gasteiger partial charge in [0.15, 0.2) is 5.76 Å². The van der Waals surface area contributed by atoms with E-state index in [1.54, 1.807) is 18.3 Å². The number of furan rings is 1. The van der Waals surface area contributed by atoms with Crippen LogP contribution < -0.4 is 15.5 Å². The Hall–Kier alpha value is -2.83. The molecule has 7 nitrogen and oxygen atoms in total. The van der Waals surface area contributed by atoms with Crippen molar-refractivity contribution in [1.82, 2.24) is 15.6 Å². The molecule has 2 aromatic rings. The van der Waals surface area contributed by atoms with Crippen molar-refractivity contribution in [3.05, 3.63) is 48.0 Å². The smallest absolute Gasteiger partial charge is 0.287 e. The lowest BCUT2D eigenvalue weighted by molar-refractivity contribution is -0.124. The first-order chi connectivity index (χ1) is 11.9. The van der Waals surface area contributed by atoms with E-state index >= 15 is 0 Å². The van der Waals surface area contributed by atoms with Crippen LogP contribution in [0.15, 0.2) is 41.1 Å². The number of aromatic nitrogens is 1. The van der Waals surface area contributed by atoms with E-state index in [1.165, 1.54) is 6.26 Å². The Bertz CT molecular complexity index is 711. The molecule has 25 heavy (non-hydrogen) atoms. The molecule has 2 aromatic heterocycles. The van der Waals surface area contributed by atoms with Gasteiger partial charge in [0.2, 0.25) is 5.91 Å². The highest BCUT2D eigenvalue weighted by Gasteiger charge is 2.25. The number of pyridine rings is 1. The van der Waals surface area contributed by atoms with Crippen LogP contribution in [0.4, 0.5) is 5.82 Å². The number of hydrogen-bond acceptors (Lipinski definition) is 5. The highest BCUT2D eigenvalue weighted by Crippen LogP contribution is 2.14. The molecule has 0 aliphatic heterocycles. The van der Waals surface area contributed by atoms with Crippen LogP contribution in [-0.4, -0.2) is 36.9 Å². The van der Waals surface area contributed by atoms with Crippen molar-refractivity contribution in [3.63, 3.8) is 0 Å². The summed E-state index contributed by atoms with van der Waals surface area (Å²) in [6.07, 6.45) is 3.13. The van der Waals surface area contributed by atoms with Crippen LogP contribution in [0.25, 0.3) is 0 Å². The van der Waals surface area contributed by atoms with E-state index in [1.807, 2.05) is 45.0 Å². The van der Waals surface area contributed by atoms with Gasteiger partial charge < -0.3 is 20.0 Å². The fraction of sp³-hybridized carbons (Fsp3) is 0.389. The number of nitrogens with zero attached hydrogens (tertiary/aromatic N) is 2. The number of rotatable bonds is 7. The van der Waals surface area contributed by atoms with Gasteiger partial charge in [-0.15, -0.1) is 0 Å². The first-order valence-corrected chi connectivity index (χ1v) is 8.13. The lowest BCUT2D eigenvalue weighted by Crippen LogP contribution is -2.49. The molecule has 2 rings (SSSR count). The average molecular weight is 344 g/mol. The average Bonchev–Trinajstić information content (AvgIpc) is 3.12. The van der Waals surface area contributed by atoms with Crippen molar-refractivity contribution < 1.29 is 14.0 Å². The van der Waals surface area contributed by atoms with Crippen LogP contribution >= 0.6 is 0 Å². The number of amides is 2. The monoisotopic (exact) mass is 344 g/mol. The third-order valence-corrected chi connectivity index (χ3v) is 3.72. The van der Waals surface area contributed by atoms with Gasteiger partial charge in [0.05, 0.1) is 6.26 Å². The quantitative estimate of drug-likeness (QED) is 0.800. The van der Waals surface area contributed by atoms with E-state index in [0.29, 0.717) is 6.54 Å². The van der Waals surface area contributed by atoms with Crippen molar-refractivity contribution in [1.29, 1.82) is 0 Å². The Morgan fingerprint density at radius 2 is 2.00 bits per heavy atom. The predicted octanol–water partition coefficient (Wildman–Crippen LogP) is 1.81. The minimum Gasteiger partial charge on any atom is -0.459 e. The van der Waals surface area contributed by atoms with E-state index in [4.69, 9.17) is 4.42 Å². The summed E-state index contributed by atoms with van der Waals surface area (Å²) in [4.78, 5) is 30.9. The molecule has 1 atom stereocenters. The zero-order valence-electron chi connectivity index (χ0n) is 14.9. The van der Waals surface area contributed by atoms with Crippen molar-refractivity contribution in [2.24, 2.45) is 5.92 Å². The molecule has 0 saturated heterocycles. The van der Waals surface area contributed by atoms with Crippen LogP contribution in [0, 0.1) is 5.92 Å². The molecule has 0 aliphatic carbocycles. The fourth-order valence-electron chi connectivity index (χ4n) is 2.42. The maximum absolute atomic E-state index is 12.6. The summed E-state index contributed by atoms with van der Waals surface area (Å²) in [6, 6.07) is 6.27. The highest BCUT2D eigenvalue weighted by atomic mass is 16.3. The molecule has 1 unspecified atom stereocenters. The van der Waals surface area contributed by atoms with Crippen molar-refractivity contribution in [2.75, 3.05) is 19.0 Å². The molecular formula is C18H24N4O3. The molecule has 2 amide bonds. The number of nitrogens with one attached hydrogen (secondary N) is 2. The normalized spacial score (nSPS) is 11.9. The molecule has 2 heterocycles. The number of anilines is 1. The van der Waals surface area contributed by atoms with Crippen LogP contribution in [-0.2, 0) is 11.3 Å². The minimum atomic E-state index is -0.655. The van der Waals surface area contributed by atoms with Gasteiger partial charge in [-0.1, -0.05) is 19.9 Å². The highest BCUT2D eigenvalue weighted by molar-refractivity contribution is 5.95. The molecule has 0 fully saturated rings. The maximum Gasteiger partial charge on any atom is 0.287 e. The molecule has 7 heteroatoms. The van der Waals surface area contributed by atoms with Gasteiger partial charge in [0, 0.05) is 32.4 Å². The maximum atomic E-state index is 12.6. The lowest BCUT2D eigenvalue weighted by Gasteiger charge is -2.22. The SMILES string of the molecule is CC(C)C(NC(=O)c1ccco1)C(=O)NCc1cccnc1N(C)C. The number of carbonyl (C=O) groups excluding carboxylic acids is 2. The molecular weight excluding hydrogens is 320 g/mol. The van der Waals surface area contributed by atoms with Gasteiger partial charge >= 0.3 is 0 Å². The van der Waals surface area contributed by atoms with Gasteiger partial charge in [-0.3, -0.25) is 9.59 Å². The third kappa shape index (κ3) is 4.82. The van der Waals surface area contributed by atoms with E-state index in [-0.39, 0.29) is 17.6 Å². The summed E-state index contributed by atoms with van der Waals surface area (Å²) < 4.78 is 5.07. The van der Waals surface area contributed by atoms with Crippen LogP contribution in [0.2, 0.25) is 0 Å². The summed E-state index contributed by atoms with van der Waals surface area (Å²) in [5.74, 6) is 0.253. The standard InChI is InChI=1S/C18H24N4O3/c1-12(2)15(21-17(23)14-8-6-10-25-14)18(24)20-11-13-7-5-9-19-16(13)22(3)4/h5-10,12,15H,11H2,1-4H3,(H,20,24)(H,21,23). The van der Waals surface area contributed by atoms with Crippen LogP contribution in [0.1, 0.15) is 30.0 Å². The summed E-state index contributed by atoms with van der Waals surface area (Å²) in [5, 5.41) is 5.60.